The number of hydrogen-bond acceptors (Lipinski definition) is 4. The summed E-state index contributed by atoms with van der Waals surface area (Å²) in [6.45, 7) is 10.8. The summed E-state index contributed by atoms with van der Waals surface area (Å²) in [6.07, 6.45) is -0.0425. The summed E-state index contributed by atoms with van der Waals surface area (Å²) in [6, 6.07) is 11.2. The Labute approximate surface area is 216 Å². The van der Waals surface area contributed by atoms with Crippen molar-refractivity contribution in [2.45, 2.75) is 39.5 Å². The van der Waals surface area contributed by atoms with Crippen LogP contribution in [0.1, 0.15) is 37.9 Å². The molecule has 0 aromatic heterocycles. The SMILES string of the molecule is C=C1NC(=S)NC(c2cc(OCC)c(OC(C)C)c(Br)c2Br)C1C(=O)NCc1ccccc1. The maximum atomic E-state index is 13.3. The summed E-state index contributed by atoms with van der Waals surface area (Å²) in [5.41, 5.74) is 2.34. The molecule has 0 saturated carbocycles. The monoisotopic (exact) mass is 595 g/mol. The van der Waals surface area contributed by atoms with Crippen LogP contribution in [-0.2, 0) is 11.3 Å². The molecular weight excluding hydrogens is 570 g/mol. The first-order valence-electron chi connectivity index (χ1n) is 10.6. The Balaban J connectivity index is 1.98. The van der Waals surface area contributed by atoms with Gasteiger partial charge in [0.15, 0.2) is 16.6 Å². The van der Waals surface area contributed by atoms with E-state index in [1.807, 2.05) is 57.2 Å². The van der Waals surface area contributed by atoms with Gasteiger partial charge in [0, 0.05) is 16.7 Å². The average Bonchev–Trinajstić information content (AvgIpc) is 2.77. The Morgan fingerprint density at radius 3 is 2.58 bits per heavy atom. The van der Waals surface area contributed by atoms with Gasteiger partial charge in [0.1, 0.15) is 5.92 Å². The molecule has 6 nitrogen and oxygen atoms in total. The molecule has 0 spiro atoms. The average molecular weight is 597 g/mol. The molecule has 2 unspecified atom stereocenters. The second kappa shape index (κ2) is 11.4. The third-order valence-electron chi connectivity index (χ3n) is 5.01. The first-order chi connectivity index (χ1) is 15.7. The van der Waals surface area contributed by atoms with Crippen LogP contribution in [-0.4, -0.2) is 23.7 Å². The largest absolute Gasteiger partial charge is 0.490 e. The van der Waals surface area contributed by atoms with E-state index in [4.69, 9.17) is 21.7 Å². The highest BCUT2D eigenvalue weighted by atomic mass is 79.9. The molecule has 0 radical (unpaired) electrons. The zero-order valence-electron chi connectivity index (χ0n) is 18.7. The molecule has 1 saturated heterocycles. The molecule has 2 aromatic carbocycles. The topological polar surface area (TPSA) is 71.6 Å². The maximum Gasteiger partial charge on any atom is 0.231 e. The van der Waals surface area contributed by atoms with Crippen molar-refractivity contribution >= 4 is 55.1 Å². The van der Waals surface area contributed by atoms with Crippen molar-refractivity contribution in [2.24, 2.45) is 5.92 Å². The lowest BCUT2D eigenvalue weighted by atomic mass is 9.88. The van der Waals surface area contributed by atoms with E-state index in [0.717, 1.165) is 15.6 Å². The van der Waals surface area contributed by atoms with Gasteiger partial charge in [0.05, 0.1) is 23.2 Å². The minimum absolute atomic E-state index is 0.0425. The number of nitrogens with one attached hydrogen (secondary N) is 3. The lowest BCUT2D eigenvalue weighted by Crippen LogP contribution is -2.52. The lowest BCUT2D eigenvalue weighted by molar-refractivity contribution is -0.125. The second-order valence-corrected chi connectivity index (χ2v) is 9.80. The first-order valence-corrected chi connectivity index (χ1v) is 12.6. The molecule has 176 valence electrons. The number of hydrogen-bond donors (Lipinski definition) is 3. The summed E-state index contributed by atoms with van der Waals surface area (Å²) in [4.78, 5) is 13.3. The molecule has 1 aliphatic rings. The van der Waals surface area contributed by atoms with Crippen LogP contribution in [0, 0.1) is 5.92 Å². The van der Waals surface area contributed by atoms with Crippen molar-refractivity contribution < 1.29 is 14.3 Å². The highest BCUT2D eigenvalue weighted by molar-refractivity contribution is 9.13. The highest BCUT2D eigenvalue weighted by Crippen LogP contribution is 2.47. The van der Waals surface area contributed by atoms with Crippen molar-refractivity contribution in [1.82, 2.24) is 16.0 Å². The van der Waals surface area contributed by atoms with Crippen molar-refractivity contribution in [3.63, 3.8) is 0 Å². The van der Waals surface area contributed by atoms with E-state index in [1.54, 1.807) is 0 Å². The fraction of sp³-hybridized carbons (Fsp3) is 0.333. The van der Waals surface area contributed by atoms with Crippen molar-refractivity contribution in [1.29, 1.82) is 0 Å². The first kappa shape index (κ1) is 25.5. The Morgan fingerprint density at radius 2 is 1.94 bits per heavy atom. The normalized spacial score (nSPS) is 17.9. The number of halogens is 2. The highest BCUT2D eigenvalue weighted by Gasteiger charge is 2.38. The van der Waals surface area contributed by atoms with Crippen LogP contribution >= 0.6 is 44.1 Å². The van der Waals surface area contributed by atoms with E-state index in [2.05, 4.69) is 54.4 Å². The van der Waals surface area contributed by atoms with Gasteiger partial charge in [0.2, 0.25) is 5.91 Å². The fourth-order valence-corrected chi connectivity index (χ4v) is 4.90. The summed E-state index contributed by atoms with van der Waals surface area (Å²) >= 11 is 12.7. The second-order valence-electron chi connectivity index (χ2n) is 7.80. The summed E-state index contributed by atoms with van der Waals surface area (Å²) in [7, 11) is 0. The Morgan fingerprint density at radius 1 is 1.24 bits per heavy atom. The number of rotatable bonds is 8. The molecular formula is C24H27Br2N3O3S. The molecule has 1 fully saturated rings. The van der Waals surface area contributed by atoms with Gasteiger partial charge < -0.3 is 25.4 Å². The standard InChI is InChI=1S/C24H27Br2N3O3S/c1-5-31-17-11-16(19(25)20(26)22(17)32-13(2)3)21-18(14(4)28-24(33)29-21)23(30)27-12-15-9-7-6-8-10-15/h6-11,13,18,21H,4-5,12H2,1-3H3,(H,27,30)(H2,28,29,33). The summed E-state index contributed by atoms with van der Waals surface area (Å²) < 4.78 is 13.3. The molecule has 2 aromatic rings. The van der Waals surface area contributed by atoms with Crippen LogP contribution in [0.2, 0.25) is 0 Å². The van der Waals surface area contributed by atoms with Crippen molar-refractivity contribution in [3.05, 3.63) is 68.7 Å². The molecule has 1 heterocycles. The Hall–Kier alpha value is -2.10. The predicted octanol–water partition coefficient (Wildman–Crippen LogP) is 5.36. The van der Waals surface area contributed by atoms with Gasteiger partial charge in [-0.1, -0.05) is 36.9 Å². The van der Waals surface area contributed by atoms with Gasteiger partial charge in [-0.15, -0.1) is 0 Å². The molecule has 0 aliphatic carbocycles. The molecule has 0 bridgehead atoms. The van der Waals surface area contributed by atoms with Gasteiger partial charge in [-0.3, -0.25) is 4.79 Å². The molecule has 9 heteroatoms. The van der Waals surface area contributed by atoms with Gasteiger partial charge in [-0.2, -0.15) is 0 Å². The molecule has 1 amide bonds. The number of carbonyl (C=O) groups excluding carboxylic acids is 1. The number of thiocarbonyl (C=S) groups is 1. The third kappa shape index (κ3) is 6.07. The van der Waals surface area contributed by atoms with Crippen LogP contribution in [0.4, 0.5) is 0 Å². The smallest absolute Gasteiger partial charge is 0.231 e. The summed E-state index contributed by atoms with van der Waals surface area (Å²) in [5.74, 6) is 0.397. The maximum absolute atomic E-state index is 13.3. The fourth-order valence-electron chi connectivity index (χ4n) is 3.59. The van der Waals surface area contributed by atoms with Gasteiger partial charge in [-0.05, 0) is 82.0 Å². The van der Waals surface area contributed by atoms with Crippen LogP contribution in [0.5, 0.6) is 11.5 Å². The van der Waals surface area contributed by atoms with Gasteiger partial charge in [-0.25, -0.2) is 0 Å². The van der Waals surface area contributed by atoms with E-state index < -0.39 is 12.0 Å². The predicted molar refractivity (Wildman–Crippen MR) is 141 cm³/mol. The van der Waals surface area contributed by atoms with Gasteiger partial charge >= 0.3 is 0 Å². The van der Waals surface area contributed by atoms with Gasteiger partial charge in [0.25, 0.3) is 0 Å². The Kier molecular flexibility index (Phi) is 8.78. The van der Waals surface area contributed by atoms with Crippen molar-refractivity contribution in [3.8, 4) is 11.5 Å². The van der Waals surface area contributed by atoms with Crippen LogP contribution in [0.15, 0.2) is 57.6 Å². The number of amides is 1. The Bertz CT molecular complexity index is 1050. The molecule has 2 atom stereocenters. The van der Waals surface area contributed by atoms with E-state index >= 15 is 0 Å². The summed E-state index contributed by atoms with van der Waals surface area (Å²) in [5, 5.41) is 9.67. The van der Waals surface area contributed by atoms with E-state index in [-0.39, 0.29) is 12.0 Å². The zero-order chi connectivity index (χ0) is 24.1. The molecule has 1 aliphatic heterocycles. The van der Waals surface area contributed by atoms with Crippen LogP contribution < -0.4 is 25.4 Å². The van der Waals surface area contributed by atoms with E-state index in [9.17, 15) is 4.79 Å². The molecule has 3 N–H and O–H groups in total. The van der Waals surface area contributed by atoms with E-state index in [1.165, 1.54) is 0 Å². The number of benzene rings is 2. The van der Waals surface area contributed by atoms with Crippen LogP contribution in [0.3, 0.4) is 0 Å². The molecule has 33 heavy (non-hydrogen) atoms. The van der Waals surface area contributed by atoms with E-state index in [0.29, 0.717) is 39.9 Å². The third-order valence-corrected chi connectivity index (χ3v) is 7.37. The van der Waals surface area contributed by atoms with Crippen molar-refractivity contribution in [2.75, 3.05) is 6.61 Å². The quantitative estimate of drug-likeness (QED) is 0.356. The lowest BCUT2D eigenvalue weighted by Gasteiger charge is -2.36. The minimum Gasteiger partial charge on any atom is -0.490 e. The number of ether oxygens (including phenoxy) is 2. The van der Waals surface area contributed by atoms with Crippen LogP contribution in [0.25, 0.3) is 0 Å². The minimum atomic E-state index is -0.616. The zero-order valence-corrected chi connectivity index (χ0v) is 22.7. The number of carbonyl (C=O) groups is 1. The molecule has 3 rings (SSSR count).